The van der Waals surface area contributed by atoms with Gasteiger partial charge in [0, 0.05) is 11.8 Å². The first-order valence-corrected chi connectivity index (χ1v) is 4.12. The summed E-state index contributed by atoms with van der Waals surface area (Å²) in [5.41, 5.74) is 1.03. The molecule has 0 aliphatic rings. The van der Waals surface area contributed by atoms with Crippen LogP contribution >= 0.6 is 0 Å². The summed E-state index contributed by atoms with van der Waals surface area (Å²) < 4.78 is 5.35. The van der Waals surface area contributed by atoms with E-state index in [1.54, 1.807) is 0 Å². The topological polar surface area (TPSA) is 49.9 Å². The van der Waals surface area contributed by atoms with Crippen molar-refractivity contribution in [3.05, 3.63) is 11.8 Å². The summed E-state index contributed by atoms with van der Waals surface area (Å²) in [6.07, 6.45) is 1.00. The van der Waals surface area contributed by atoms with Gasteiger partial charge in [0.25, 0.3) is 0 Å². The fraction of sp³-hybridized carbons (Fsp3) is 0.625. The van der Waals surface area contributed by atoms with Gasteiger partial charge in [0.15, 0.2) is 0 Å². The maximum atomic E-state index is 5.35. The monoisotopic (exact) mass is 169 g/mol. The Labute approximate surface area is 72.3 Å². The van der Waals surface area contributed by atoms with Crippen molar-refractivity contribution in [2.24, 2.45) is 0 Å². The van der Waals surface area contributed by atoms with Crippen molar-refractivity contribution in [1.29, 1.82) is 0 Å². The number of nitrogens with zero attached hydrogens (tertiary/aromatic N) is 1. The van der Waals surface area contributed by atoms with Gasteiger partial charge in [0.05, 0.1) is 6.61 Å². The zero-order chi connectivity index (χ0) is 8.81. The molecule has 4 nitrogen and oxygen atoms in total. The van der Waals surface area contributed by atoms with Crippen molar-refractivity contribution in [3.8, 4) is 5.88 Å². The van der Waals surface area contributed by atoms with Crippen molar-refractivity contribution in [2.75, 3.05) is 20.2 Å². The summed E-state index contributed by atoms with van der Waals surface area (Å²) in [6.45, 7) is 3.64. The van der Waals surface area contributed by atoms with E-state index in [4.69, 9.17) is 4.74 Å². The lowest BCUT2D eigenvalue weighted by molar-refractivity contribution is 0.298. The van der Waals surface area contributed by atoms with E-state index in [1.165, 1.54) is 0 Å². The second-order valence-electron chi connectivity index (χ2n) is 2.69. The number of ether oxygens (including phenoxy) is 1. The number of aromatic amines is 1. The van der Waals surface area contributed by atoms with Crippen molar-refractivity contribution in [1.82, 2.24) is 15.5 Å². The van der Waals surface area contributed by atoms with Crippen molar-refractivity contribution in [3.63, 3.8) is 0 Å². The Morgan fingerprint density at radius 1 is 1.67 bits per heavy atom. The lowest BCUT2D eigenvalue weighted by Crippen LogP contribution is -2.11. The summed E-state index contributed by atoms with van der Waals surface area (Å²) >= 11 is 0. The average molecular weight is 169 g/mol. The highest BCUT2D eigenvalue weighted by atomic mass is 16.5. The van der Waals surface area contributed by atoms with Crippen LogP contribution in [0, 0.1) is 6.92 Å². The van der Waals surface area contributed by atoms with Gasteiger partial charge >= 0.3 is 0 Å². The SMILES string of the molecule is CNCCCOc1cc(C)[nH]n1. The normalized spacial score (nSPS) is 10.2. The van der Waals surface area contributed by atoms with Gasteiger partial charge in [-0.2, -0.15) is 0 Å². The van der Waals surface area contributed by atoms with Crippen LogP contribution in [0.2, 0.25) is 0 Å². The molecule has 0 fully saturated rings. The maximum Gasteiger partial charge on any atom is 0.232 e. The summed E-state index contributed by atoms with van der Waals surface area (Å²) in [6, 6.07) is 1.89. The third kappa shape index (κ3) is 2.92. The zero-order valence-corrected chi connectivity index (χ0v) is 7.55. The van der Waals surface area contributed by atoms with Crippen LogP contribution in [0.4, 0.5) is 0 Å². The summed E-state index contributed by atoms with van der Waals surface area (Å²) in [5.74, 6) is 0.684. The van der Waals surface area contributed by atoms with Crippen molar-refractivity contribution < 1.29 is 4.74 Å². The molecule has 1 heterocycles. The lowest BCUT2D eigenvalue weighted by atomic mass is 10.4. The van der Waals surface area contributed by atoms with Gasteiger partial charge in [0.1, 0.15) is 0 Å². The number of hydrogen-bond donors (Lipinski definition) is 2. The highest BCUT2D eigenvalue weighted by Crippen LogP contribution is 2.06. The molecule has 0 unspecified atom stereocenters. The fourth-order valence-electron chi connectivity index (χ4n) is 0.893. The molecule has 0 aliphatic heterocycles. The van der Waals surface area contributed by atoms with E-state index in [1.807, 2.05) is 20.0 Å². The van der Waals surface area contributed by atoms with E-state index in [0.29, 0.717) is 12.5 Å². The van der Waals surface area contributed by atoms with Crippen LogP contribution in [0.25, 0.3) is 0 Å². The Bertz CT molecular complexity index is 222. The molecule has 0 saturated heterocycles. The number of aryl methyl sites for hydroxylation is 1. The Balaban J connectivity index is 2.15. The highest BCUT2D eigenvalue weighted by molar-refractivity contribution is 5.11. The molecule has 0 bridgehead atoms. The van der Waals surface area contributed by atoms with E-state index in [-0.39, 0.29) is 0 Å². The van der Waals surface area contributed by atoms with E-state index < -0.39 is 0 Å². The third-order valence-corrected chi connectivity index (χ3v) is 1.50. The zero-order valence-electron chi connectivity index (χ0n) is 7.55. The minimum Gasteiger partial charge on any atom is -0.477 e. The summed E-state index contributed by atoms with van der Waals surface area (Å²) in [7, 11) is 1.93. The smallest absolute Gasteiger partial charge is 0.232 e. The molecule has 0 amide bonds. The second kappa shape index (κ2) is 4.77. The molecule has 12 heavy (non-hydrogen) atoms. The number of rotatable bonds is 5. The van der Waals surface area contributed by atoms with Gasteiger partial charge in [-0.25, -0.2) is 0 Å². The summed E-state index contributed by atoms with van der Waals surface area (Å²) in [5, 5.41) is 9.82. The Morgan fingerprint density at radius 3 is 3.08 bits per heavy atom. The molecule has 0 aliphatic carbocycles. The van der Waals surface area contributed by atoms with Gasteiger partial charge in [-0.05, 0) is 26.9 Å². The molecule has 0 aromatic carbocycles. The molecule has 4 heteroatoms. The van der Waals surface area contributed by atoms with Crippen molar-refractivity contribution in [2.45, 2.75) is 13.3 Å². The van der Waals surface area contributed by atoms with E-state index in [0.717, 1.165) is 18.7 Å². The van der Waals surface area contributed by atoms with Crippen LogP contribution in [-0.2, 0) is 0 Å². The van der Waals surface area contributed by atoms with Crippen LogP contribution in [0.15, 0.2) is 6.07 Å². The molecule has 0 spiro atoms. The first-order chi connectivity index (χ1) is 5.83. The molecule has 1 aromatic rings. The predicted molar refractivity (Wildman–Crippen MR) is 47.4 cm³/mol. The molecule has 0 atom stereocenters. The second-order valence-corrected chi connectivity index (χ2v) is 2.69. The van der Waals surface area contributed by atoms with Gasteiger partial charge in [-0.15, -0.1) is 5.10 Å². The number of hydrogen-bond acceptors (Lipinski definition) is 3. The van der Waals surface area contributed by atoms with Crippen molar-refractivity contribution >= 4 is 0 Å². The molecule has 0 radical (unpaired) electrons. The van der Waals surface area contributed by atoms with Crippen LogP contribution in [0.5, 0.6) is 5.88 Å². The molecule has 68 valence electrons. The molecule has 1 rings (SSSR count). The lowest BCUT2D eigenvalue weighted by Gasteiger charge is -2.00. The first-order valence-electron chi connectivity index (χ1n) is 4.12. The fourth-order valence-corrected chi connectivity index (χ4v) is 0.893. The predicted octanol–water partition coefficient (Wildman–Crippen LogP) is 0.706. The van der Waals surface area contributed by atoms with E-state index >= 15 is 0 Å². The van der Waals surface area contributed by atoms with Gasteiger partial charge in [-0.1, -0.05) is 0 Å². The Kier molecular flexibility index (Phi) is 3.60. The average Bonchev–Trinajstić information content (AvgIpc) is 2.45. The Morgan fingerprint density at radius 2 is 2.50 bits per heavy atom. The number of nitrogens with one attached hydrogen (secondary N) is 2. The molecule has 0 saturated carbocycles. The molecule has 2 N–H and O–H groups in total. The Hall–Kier alpha value is -1.03. The standard InChI is InChI=1S/C8H15N3O/c1-7-6-8(11-10-7)12-5-3-4-9-2/h6,9H,3-5H2,1-2H3,(H,10,11). The molecular weight excluding hydrogens is 154 g/mol. The minimum atomic E-state index is 0.684. The highest BCUT2D eigenvalue weighted by Gasteiger charge is 1.96. The van der Waals surface area contributed by atoms with Crippen LogP contribution < -0.4 is 10.1 Å². The van der Waals surface area contributed by atoms with Gasteiger partial charge in [0.2, 0.25) is 5.88 Å². The van der Waals surface area contributed by atoms with Gasteiger partial charge < -0.3 is 10.1 Å². The number of aromatic nitrogens is 2. The largest absolute Gasteiger partial charge is 0.477 e. The number of H-pyrrole nitrogens is 1. The van der Waals surface area contributed by atoms with E-state index in [9.17, 15) is 0 Å². The maximum absolute atomic E-state index is 5.35. The van der Waals surface area contributed by atoms with Crippen LogP contribution in [0.3, 0.4) is 0 Å². The van der Waals surface area contributed by atoms with Crippen LogP contribution in [-0.4, -0.2) is 30.4 Å². The molecular formula is C8H15N3O. The quantitative estimate of drug-likeness (QED) is 0.638. The van der Waals surface area contributed by atoms with Crippen LogP contribution in [0.1, 0.15) is 12.1 Å². The minimum absolute atomic E-state index is 0.684. The molecule has 1 aromatic heterocycles. The van der Waals surface area contributed by atoms with Gasteiger partial charge in [-0.3, -0.25) is 5.10 Å². The van der Waals surface area contributed by atoms with E-state index in [2.05, 4.69) is 15.5 Å². The first kappa shape index (κ1) is 9.06. The third-order valence-electron chi connectivity index (χ3n) is 1.50. The summed E-state index contributed by atoms with van der Waals surface area (Å²) in [4.78, 5) is 0.